The highest BCUT2D eigenvalue weighted by Crippen LogP contribution is 2.21. The maximum absolute atomic E-state index is 12.4. The average Bonchev–Trinajstić information content (AvgIpc) is 2.65. The van der Waals surface area contributed by atoms with Gasteiger partial charge < -0.3 is 4.90 Å². The van der Waals surface area contributed by atoms with E-state index in [-0.39, 0.29) is 11.9 Å². The predicted molar refractivity (Wildman–Crippen MR) is 93.1 cm³/mol. The summed E-state index contributed by atoms with van der Waals surface area (Å²) >= 11 is 0. The van der Waals surface area contributed by atoms with Crippen molar-refractivity contribution >= 4 is 5.91 Å². The van der Waals surface area contributed by atoms with Gasteiger partial charge in [0, 0.05) is 58.2 Å². The maximum atomic E-state index is 12.4. The first-order chi connectivity index (χ1) is 11.5. The summed E-state index contributed by atoms with van der Waals surface area (Å²) in [5.74, 6) is 0.0963. The molecule has 1 saturated heterocycles. The fraction of sp³-hybridized carbons (Fsp3) is 0.611. The number of carbonyl (C=O) groups excluding carboxylic acids is 1. The predicted octanol–water partition coefficient (Wildman–Crippen LogP) is 1.52. The van der Waals surface area contributed by atoms with E-state index in [1.807, 2.05) is 19.2 Å². The second kappa shape index (κ2) is 8.76. The Balaban J connectivity index is 1.86. The maximum Gasteiger partial charge on any atom is 0.239 e. The van der Waals surface area contributed by atoms with Gasteiger partial charge in [0.1, 0.15) is 0 Å². The van der Waals surface area contributed by atoms with Gasteiger partial charge in [0.25, 0.3) is 0 Å². The first kappa shape index (κ1) is 18.4. The molecule has 1 aromatic rings. The molecular weight excluding hydrogens is 302 g/mol. The van der Waals surface area contributed by atoms with Crippen molar-refractivity contribution in [3.63, 3.8) is 0 Å². The van der Waals surface area contributed by atoms with Crippen LogP contribution in [0.3, 0.4) is 0 Å². The zero-order valence-electron chi connectivity index (χ0n) is 14.9. The van der Waals surface area contributed by atoms with Crippen LogP contribution in [0.15, 0.2) is 24.5 Å². The van der Waals surface area contributed by atoms with Crippen LogP contribution in [0.25, 0.3) is 0 Å². The van der Waals surface area contributed by atoms with Gasteiger partial charge in [0.05, 0.1) is 18.5 Å². The van der Waals surface area contributed by atoms with Gasteiger partial charge in [0.15, 0.2) is 0 Å². The number of nitriles is 1. The molecule has 0 aliphatic carbocycles. The number of likely N-dealkylation sites (N-methyl/N-ethyl adjacent to an activating group) is 1. The fourth-order valence-corrected chi connectivity index (χ4v) is 3.15. The first-order valence-corrected chi connectivity index (χ1v) is 8.54. The van der Waals surface area contributed by atoms with E-state index in [1.54, 1.807) is 18.1 Å². The molecule has 2 heterocycles. The van der Waals surface area contributed by atoms with Crippen molar-refractivity contribution in [1.82, 2.24) is 19.7 Å². The SMILES string of the molecule is C[C@H](C(=O)N(C)CCC#N)N1CCN([C@H](C)c2cccnc2)CC1. The Bertz CT molecular complexity index is 563. The van der Waals surface area contributed by atoms with E-state index in [1.165, 1.54) is 5.56 Å². The van der Waals surface area contributed by atoms with Crippen LogP contribution < -0.4 is 0 Å². The molecular formula is C18H27N5O. The Labute approximate surface area is 144 Å². The smallest absolute Gasteiger partial charge is 0.239 e. The molecule has 1 aromatic heterocycles. The molecule has 1 aliphatic heterocycles. The van der Waals surface area contributed by atoms with Crippen LogP contribution in [0.1, 0.15) is 31.9 Å². The summed E-state index contributed by atoms with van der Waals surface area (Å²) in [5.41, 5.74) is 1.23. The van der Waals surface area contributed by atoms with E-state index in [0.717, 1.165) is 26.2 Å². The van der Waals surface area contributed by atoms with Gasteiger partial charge in [-0.2, -0.15) is 5.26 Å². The third-order valence-electron chi connectivity index (χ3n) is 4.90. The number of aromatic nitrogens is 1. The molecule has 1 aliphatic rings. The third-order valence-corrected chi connectivity index (χ3v) is 4.90. The fourth-order valence-electron chi connectivity index (χ4n) is 3.15. The first-order valence-electron chi connectivity index (χ1n) is 8.54. The van der Waals surface area contributed by atoms with Crippen molar-refractivity contribution in [2.45, 2.75) is 32.4 Å². The highest BCUT2D eigenvalue weighted by atomic mass is 16.2. The Morgan fingerprint density at radius 3 is 2.58 bits per heavy atom. The molecule has 2 atom stereocenters. The molecule has 0 unspecified atom stereocenters. The minimum Gasteiger partial charge on any atom is -0.343 e. The van der Waals surface area contributed by atoms with Crippen LogP contribution >= 0.6 is 0 Å². The van der Waals surface area contributed by atoms with Crippen LogP contribution in [0, 0.1) is 11.3 Å². The second-order valence-corrected chi connectivity index (χ2v) is 6.38. The minimum absolute atomic E-state index is 0.0963. The van der Waals surface area contributed by atoms with Crippen molar-refractivity contribution < 1.29 is 4.79 Å². The number of pyridine rings is 1. The van der Waals surface area contributed by atoms with E-state index in [2.05, 4.69) is 33.8 Å². The largest absolute Gasteiger partial charge is 0.343 e. The second-order valence-electron chi connectivity index (χ2n) is 6.38. The lowest BCUT2D eigenvalue weighted by Crippen LogP contribution is -2.54. The normalized spacial score (nSPS) is 18.6. The van der Waals surface area contributed by atoms with Gasteiger partial charge in [0.2, 0.25) is 5.91 Å². The molecule has 6 heteroatoms. The zero-order valence-corrected chi connectivity index (χ0v) is 14.9. The quantitative estimate of drug-likeness (QED) is 0.792. The summed E-state index contributed by atoms with van der Waals surface area (Å²) in [6.07, 6.45) is 4.10. The minimum atomic E-state index is -0.135. The summed E-state index contributed by atoms with van der Waals surface area (Å²) < 4.78 is 0. The number of rotatable bonds is 6. The standard InChI is InChI=1S/C18H27N5O/c1-15(17-6-4-8-20-14-17)22-10-12-23(13-11-22)16(2)18(24)21(3)9-5-7-19/h4,6,8,14-16H,5,9-13H2,1-3H3/t15-,16-/m1/s1. The van der Waals surface area contributed by atoms with E-state index >= 15 is 0 Å². The highest BCUT2D eigenvalue weighted by Gasteiger charge is 2.29. The van der Waals surface area contributed by atoms with Crippen molar-refractivity contribution in [1.29, 1.82) is 5.26 Å². The summed E-state index contributed by atoms with van der Waals surface area (Å²) in [6.45, 7) is 8.30. The van der Waals surface area contributed by atoms with Crippen LogP contribution in [0.2, 0.25) is 0 Å². The Morgan fingerprint density at radius 2 is 2.00 bits per heavy atom. The summed E-state index contributed by atoms with van der Waals surface area (Å²) in [4.78, 5) is 23.0. The molecule has 130 valence electrons. The number of nitrogens with zero attached hydrogens (tertiary/aromatic N) is 5. The molecule has 24 heavy (non-hydrogen) atoms. The van der Waals surface area contributed by atoms with Gasteiger partial charge in [-0.05, 0) is 25.5 Å². The summed E-state index contributed by atoms with van der Waals surface area (Å²) in [5, 5.41) is 8.65. The average molecular weight is 329 g/mol. The van der Waals surface area contributed by atoms with Gasteiger partial charge in [-0.25, -0.2) is 0 Å². The Morgan fingerprint density at radius 1 is 1.33 bits per heavy atom. The summed E-state index contributed by atoms with van der Waals surface area (Å²) in [7, 11) is 1.77. The molecule has 2 rings (SSSR count). The number of amides is 1. The van der Waals surface area contributed by atoms with Crippen molar-refractivity contribution in [2.75, 3.05) is 39.8 Å². The molecule has 0 bridgehead atoms. The zero-order chi connectivity index (χ0) is 17.5. The van der Waals surface area contributed by atoms with E-state index in [4.69, 9.17) is 5.26 Å². The van der Waals surface area contributed by atoms with E-state index in [9.17, 15) is 4.79 Å². The third kappa shape index (κ3) is 4.53. The van der Waals surface area contributed by atoms with Gasteiger partial charge in [-0.1, -0.05) is 6.07 Å². The van der Waals surface area contributed by atoms with Crippen LogP contribution in [-0.4, -0.2) is 71.4 Å². The molecule has 6 nitrogen and oxygen atoms in total. The lowest BCUT2D eigenvalue weighted by molar-refractivity contribution is -0.135. The monoisotopic (exact) mass is 329 g/mol. The molecule has 0 radical (unpaired) electrons. The van der Waals surface area contributed by atoms with E-state index in [0.29, 0.717) is 19.0 Å². The number of hydrogen-bond acceptors (Lipinski definition) is 5. The molecule has 1 amide bonds. The van der Waals surface area contributed by atoms with Crippen molar-refractivity contribution in [3.8, 4) is 6.07 Å². The molecule has 1 fully saturated rings. The molecule has 0 N–H and O–H groups in total. The van der Waals surface area contributed by atoms with Crippen LogP contribution in [0.4, 0.5) is 0 Å². The number of piperazine rings is 1. The molecule has 0 spiro atoms. The molecule has 0 saturated carbocycles. The van der Waals surface area contributed by atoms with Crippen molar-refractivity contribution in [3.05, 3.63) is 30.1 Å². The highest BCUT2D eigenvalue weighted by molar-refractivity contribution is 5.81. The van der Waals surface area contributed by atoms with Gasteiger partial charge in [-0.3, -0.25) is 19.6 Å². The lowest BCUT2D eigenvalue weighted by atomic mass is 10.1. The van der Waals surface area contributed by atoms with Gasteiger partial charge >= 0.3 is 0 Å². The Hall–Kier alpha value is -1.97. The van der Waals surface area contributed by atoms with Crippen molar-refractivity contribution in [2.24, 2.45) is 0 Å². The lowest BCUT2D eigenvalue weighted by Gasteiger charge is -2.40. The molecule has 0 aromatic carbocycles. The Kier molecular flexibility index (Phi) is 6.71. The number of hydrogen-bond donors (Lipinski definition) is 0. The van der Waals surface area contributed by atoms with E-state index < -0.39 is 0 Å². The van der Waals surface area contributed by atoms with Crippen LogP contribution in [0.5, 0.6) is 0 Å². The topological polar surface area (TPSA) is 63.5 Å². The van der Waals surface area contributed by atoms with Gasteiger partial charge in [-0.15, -0.1) is 0 Å². The number of carbonyl (C=O) groups is 1. The summed E-state index contributed by atoms with van der Waals surface area (Å²) in [6, 6.07) is 6.37. The van der Waals surface area contributed by atoms with Crippen LogP contribution in [-0.2, 0) is 4.79 Å².